The topological polar surface area (TPSA) is 68.3 Å². The van der Waals surface area contributed by atoms with Gasteiger partial charge in [0.05, 0.1) is 0 Å². The van der Waals surface area contributed by atoms with Gasteiger partial charge in [0.1, 0.15) is 0 Å². The van der Waals surface area contributed by atoms with Crippen molar-refractivity contribution in [1.82, 2.24) is 0 Å². The Labute approximate surface area is 102 Å². The molecule has 0 atom stereocenters. The number of hydrogen-bond acceptors (Lipinski definition) is 4. The molecule has 0 aliphatic rings. The number of rotatable bonds is 4. The maximum atomic E-state index is 11.1. The zero-order valence-electron chi connectivity index (χ0n) is 8.58. The van der Waals surface area contributed by atoms with Gasteiger partial charge in [-0.2, -0.15) is 0 Å². The van der Waals surface area contributed by atoms with Gasteiger partial charge in [0, 0.05) is 0 Å². The molecule has 0 heterocycles. The van der Waals surface area contributed by atoms with Gasteiger partial charge in [0.15, 0.2) is 23.1 Å². The molecule has 0 spiro atoms. The summed E-state index contributed by atoms with van der Waals surface area (Å²) in [5.74, 6) is -2.83. The SMILES string of the molecule is CC(=O)C(C(C)=O)(C(C)=O)C(C)=O.[Bi+3]. The van der Waals surface area contributed by atoms with Gasteiger partial charge in [0.2, 0.25) is 5.41 Å². The van der Waals surface area contributed by atoms with Crippen LogP contribution in [0.1, 0.15) is 27.7 Å². The zero-order valence-corrected chi connectivity index (χ0v) is 12.1. The normalized spacial score (nSPS) is 10.0. The minimum Gasteiger partial charge on any atom is -0.298 e. The summed E-state index contributed by atoms with van der Waals surface area (Å²) in [4.78, 5) is 44.5. The van der Waals surface area contributed by atoms with E-state index in [1.54, 1.807) is 0 Å². The van der Waals surface area contributed by atoms with Gasteiger partial charge in [0.25, 0.3) is 0 Å². The second-order valence-corrected chi connectivity index (χ2v) is 2.97. The molecule has 0 aliphatic heterocycles. The summed E-state index contributed by atoms with van der Waals surface area (Å²) in [5, 5.41) is 0. The summed E-state index contributed by atoms with van der Waals surface area (Å²) < 4.78 is 0. The van der Waals surface area contributed by atoms with E-state index >= 15 is 0 Å². The molecule has 0 rings (SSSR count). The Kier molecular flexibility index (Phi) is 6.23. The van der Waals surface area contributed by atoms with E-state index in [0.29, 0.717) is 0 Å². The van der Waals surface area contributed by atoms with Crippen molar-refractivity contribution >= 4 is 49.3 Å². The number of hydrogen-bond donors (Lipinski definition) is 0. The predicted octanol–water partition coefficient (Wildman–Crippen LogP) is -0.0520. The van der Waals surface area contributed by atoms with Crippen molar-refractivity contribution in [3.63, 3.8) is 0 Å². The average Bonchev–Trinajstić information content (AvgIpc) is 1.82. The van der Waals surface area contributed by atoms with Crippen molar-refractivity contribution < 1.29 is 19.2 Å². The molecule has 0 aromatic heterocycles. The molecular formula is C9H12BiO4+3. The first kappa shape index (κ1) is 16.0. The monoisotopic (exact) mass is 393 g/mol. The molecule has 4 nitrogen and oxygen atoms in total. The third-order valence-electron chi connectivity index (χ3n) is 2.11. The van der Waals surface area contributed by atoms with Crippen LogP contribution in [-0.2, 0) is 19.2 Å². The van der Waals surface area contributed by atoms with E-state index in [2.05, 4.69) is 0 Å². The van der Waals surface area contributed by atoms with Crippen molar-refractivity contribution in [1.29, 1.82) is 0 Å². The van der Waals surface area contributed by atoms with Crippen LogP contribution in [0.2, 0.25) is 0 Å². The summed E-state index contributed by atoms with van der Waals surface area (Å²) in [7, 11) is 0. The van der Waals surface area contributed by atoms with Gasteiger partial charge in [-0.05, 0) is 27.7 Å². The smallest absolute Gasteiger partial charge is 0.298 e. The van der Waals surface area contributed by atoms with Crippen LogP contribution in [0, 0.1) is 5.41 Å². The molecule has 0 amide bonds. The number of carbonyl (C=O) groups is 4. The van der Waals surface area contributed by atoms with E-state index in [9.17, 15) is 19.2 Å². The van der Waals surface area contributed by atoms with Gasteiger partial charge >= 0.3 is 26.2 Å². The Balaban J connectivity index is 0. The maximum absolute atomic E-state index is 11.1. The summed E-state index contributed by atoms with van der Waals surface area (Å²) >= 11 is 0. The summed E-state index contributed by atoms with van der Waals surface area (Å²) in [5.41, 5.74) is -2.06. The van der Waals surface area contributed by atoms with Gasteiger partial charge in [-0.25, -0.2) is 0 Å². The quantitative estimate of drug-likeness (QED) is 0.496. The van der Waals surface area contributed by atoms with Crippen LogP contribution in [0.4, 0.5) is 0 Å². The third-order valence-corrected chi connectivity index (χ3v) is 2.11. The standard InChI is InChI=1S/C9H12O4.Bi/c1-5(10)9(6(2)11,7(3)12)8(4)13;/h1-4H3;/q;+3. The van der Waals surface area contributed by atoms with Crippen molar-refractivity contribution in [3.05, 3.63) is 0 Å². The number of ketones is 4. The van der Waals surface area contributed by atoms with Crippen LogP contribution >= 0.6 is 0 Å². The van der Waals surface area contributed by atoms with Crippen LogP contribution in [0.15, 0.2) is 0 Å². The van der Waals surface area contributed by atoms with Crippen LogP contribution < -0.4 is 0 Å². The summed E-state index contributed by atoms with van der Waals surface area (Å²) in [6.45, 7) is 4.29. The van der Waals surface area contributed by atoms with Gasteiger partial charge in [-0.1, -0.05) is 0 Å². The minimum atomic E-state index is -2.06. The van der Waals surface area contributed by atoms with Crippen LogP contribution in [-0.4, -0.2) is 49.3 Å². The average molecular weight is 393 g/mol. The summed E-state index contributed by atoms with van der Waals surface area (Å²) in [6.07, 6.45) is 0. The van der Waals surface area contributed by atoms with Crippen LogP contribution in [0.3, 0.4) is 0 Å². The van der Waals surface area contributed by atoms with Gasteiger partial charge in [-0.15, -0.1) is 0 Å². The predicted molar refractivity (Wildman–Crippen MR) is 50.9 cm³/mol. The minimum absolute atomic E-state index is 0. The zero-order chi connectivity index (χ0) is 10.8. The van der Waals surface area contributed by atoms with E-state index in [1.165, 1.54) is 0 Å². The first-order chi connectivity index (χ1) is 5.77. The Hall–Kier alpha value is -0.437. The molecule has 0 unspecified atom stereocenters. The second-order valence-electron chi connectivity index (χ2n) is 2.97. The van der Waals surface area contributed by atoms with Crippen LogP contribution in [0.25, 0.3) is 0 Å². The fourth-order valence-corrected chi connectivity index (χ4v) is 1.49. The molecule has 5 heteroatoms. The maximum Gasteiger partial charge on any atom is 3.00 e. The van der Waals surface area contributed by atoms with E-state index in [1.807, 2.05) is 0 Å². The Morgan fingerprint density at radius 2 is 0.786 bits per heavy atom. The number of Topliss-reactive ketones (excluding diaryl/α,β-unsaturated/α-hetero) is 4. The fraction of sp³-hybridized carbons (Fsp3) is 0.556. The summed E-state index contributed by atoms with van der Waals surface area (Å²) in [6, 6.07) is 0. The van der Waals surface area contributed by atoms with Crippen molar-refractivity contribution in [2.24, 2.45) is 5.41 Å². The first-order valence-corrected chi connectivity index (χ1v) is 3.82. The molecule has 0 saturated carbocycles. The Bertz CT molecular complexity index is 232. The molecule has 0 fully saturated rings. The Morgan fingerprint density at radius 3 is 0.786 bits per heavy atom. The van der Waals surface area contributed by atoms with Gasteiger partial charge < -0.3 is 0 Å². The van der Waals surface area contributed by atoms with E-state index < -0.39 is 28.5 Å². The third kappa shape index (κ3) is 2.32. The van der Waals surface area contributed by atoms with Crippen molar-refractivity contribution in [2.75, 3.05) is 0 Å². The fourth-order valence-electron chi connectivity index (χ4n) is 1.49. The molecule has 0 N–H and O–H groups in total. The molecule has 0 aliphatic carbocycles. The molecule has 14 heavy (non-hydrogen) atoms. The van der Waals surface area contributed by atoms with Crippen LogP contribution in [0.5, 0.6) is 0 Å². The van der Waals surface area contributed by atoms with E-state index in [4.69, 9.17) is 0 Å². The van der Waals surface area contributed by atoms with Gasteiger partial charge in [-0.3, -0.25) is 19.2 Å². The molecule has 2 radical (unpaired) electrons. The molecule has 74 valence electrons. The van der Waals surface area contributed by atoms with E-state index in [0.717, 1.165) is 27.7 Å². The molecule has 0 saturated heterocycles. The number of carbonyl (C=O) groups excluding carboxylic acids is 4. The Morgan fingerprint density at radius 1 is 0.643 bits per heavy atom. The van der Waals surface area contributed by atoms with Crippen molar-refractivity contribution in [2.45, 2.75) is 27.7 Å². The molecule has 0 bridgehead atoms. The largest absolute Gasteiger partial charge is 3.00 e. The van der Waals surface area contributed by atoms with Crippen molar-refractivity contribution in [3.8, 4) is 0 Å². The second kappa shape index (κ2) is 5.45. The van der Waals surface area contributed by atoms with E-state index in [-0.39, 0.29) is 26.2 Å². The first-order valence-electron chi connectivity index (χ1n) is 3.82. The molecular weight excluding hydrogens is 381 g/mol. The molecule has 0 aromatic rings. The molecule has 0 aromatic carbocycles.